The van der Waals surface area contributed by atoms with Crippen LogP contribution >= 0.6 is 0 Å². The SMILES string of the molecule is CC(Nc1ccc2c3c(cccc13)CC2)C(=O)N(C)C. The monoisotopic (exact) mass is 268 g/mol. The van der Waals surface area contributed by atoms with Crippen molar-refractivity contribution in [3.63, 3.8) is 0 Å². The van der Waals surface area contributed by atoms with Gasteiger partial charge in [0.15, 0.2) is 0 Å². The molecule has 0 fully saturated rings. The van der Waals surface area contributed by atoms with E-state index in [9.17, 15) is 4.79 Å². The topological polar surface area (TPSA) is 32.3 Å². The summed E-state index contributed by atoms with van der Waals surface area (Å²) in [5.74, 6) is 0.0910. The quantitative estimate of drug-likeness (QED) is 0.928. The number of hydrogen-bond donors (Lipinski definition) is 1. The minimum absolute atomic E-state index is 0.0910. The number of likely N-dealkylation sites (N-methyl/N-ethyl adjacent to an activating group) is 1. The molecule has 1 atom stereocenters. The Labute approximate surface area is 119 Å². The van der Waals surface area contributed by atoms with Crippen LogP contribution in [0.2, 0.25) is 0 Å². The molecule has 1 aliphatic rings. The van der Waals surface area contributed by atoms with Gasteiger partial charge < -0.3 is 10.2 Å². The molecule has 1 N–H and O–H groups in total. The minimum atomic E-state index is -0.219. The zero-order valence-corrected chi connectivity index (χ0v) is 12.2. The minimum Gasteiger partial charge on any atom is -0.373 e. The Morgan fingerprint density at radius 1 is 1.15 bits per heavy atom. The summed E-state index contributed by atoms with van der Waals surface area (Å²) in [6.45, 7) is 1.91. The molecule has 3 heteroatoms. The number of benzene rings is 2. The van der Waals surface area contributed by atoms with Gasteiger partial charge >= 0.3 is 0 Å². The molecular formula is C17H20N2O. The average molecular weight is 268 g/mol. The second-order valence-corrected chi connectivity index (χ2v) is 5.71. The van der Waals surface area contributed by atoms with Gasteiger partial charge in [0.25, 0.3) is 0 Å². The van der Waals surface area contributed by atoms with Crippen LogP contribution in [0.1, 0.15) is 18.1 Å². The Morgan fingerprint density at radius 2 is 1.85 bits per heavy atom. The van der Waals surface area contributed by atoms with Crippen molar-refractivity contribution in [2.45, 2.75) is 25.8 Å². The molecule has 3 rings (SSSR count). The highest BCUT2D eigenvalue weighted by atomic mass is 16.2. The first-order valence-corrected chi connectivity index (χ1v) is 7.09. The van der Waals surface area contributed by atoms with Gasteiger partial charge in [0.05, 0.1) is 0 Å². The Hall–Kier alpha value is -2.03. The first-order valence-electron chi connectivity index (χ1n) is 7.09. The van der Waals surface area contributed by atoms with E-state index in [1.807, 2.05) is 6.92 Å². The first-order chi connectivity index (χ1) is 9.58. The molecule has 0 aromatic heterocycles. The number of nitrogens with one attached hydrogen (secondary N) is 1. The number of carbonyl (C=O) groups is 1. The van der Waals surface area contributed by atoms with Crippen molar-refractivity contribution < 1.29 is 4.79 Å². The number of carbonyl (C=O) groups excluding carboxylic acids is 1. The summed E-state index contributed by atoms with van der Waals surface area (Å²) in [5, 5.41) is 5.97. The summed E-state index contributed by atoms with van der Waals surface area (Å²) >= 11 is 0. The normalized spacial score (nSPS) is 14.3. The Bertz CT molecular complexity index is 666. The molecule has 0 bridgehead atoms. The van der Waals surface area contributed by atoms with Gasteiger partial charge in [-0.3, -0.25) is 4.79 Å². The van der Waals surface area contributed by atoms with E-state index in [2.05, 4.69) is 35.6 Å². The van der Waals surface area contributed by atoms with Crippen LogP contribution in [0.15, 0.2) is 30.3 Å². The van der Waals surface area contributed by atoms with E-state index in [4.69, 9.17) is 0 Å². The van der Waals surface area contributed by atoms with Crippen LogP contribution < -0.4 is 5.32 Å². The number of amides is 1. The maximum atomic E-state index is 12.0. The van der Waals surface area contributed by atoms with E-state index in [-0.39, 0.29) is 11.9 Å². The smallest absolute Gasteiger partial charge is 0.244 e. The standard InChI is InChI=1S/C17H20N2O/c1-11(17(20)19(2)3)18-15-10-9-13-8-7-12-5-4-6-14(15)16(12)13/h4-6,9-11,18H,7-8H2,1-3H3. The molecule has 2 aromatic rings. The molecule has 0 spiro atoms. The zero-order chi connectivity index (χ0) is 14.3. The molecule has 0 saturated heterocycles. The Morgan fingerprint density at radius 3 is 2.55 bits per heavy atom. The van der Waals surface area contributed by atoms with Gasteiger partial charge in [0, 0.05) is 25.2 Å². The molecule has 1 unspecified atom stereocenters. The molecule has 0 radical (unpaired) electrons. The number of rotatable bonds is 3. The lowest BCUT2D eigenvalue weighted by molar-refractivity contribution is -0.129. The van der Waals surface area contributed by atoms with Crippen molar-refractivity contribution in [1.82, 2.24) is 4.90 Å². The average Bonchev–Trinajstić information content (AvgIpc) is 2.86. The molecule has 1 aliphatic carbocycles. The highest BCUT2D eigenvalue weighted by Gasteiger charge is 2.19. The van der Waals surface area contributed by atoms with Gasteiger partial charge in [-0.15, -0.1) is 0 Å². The molecule has 2 aromatic carbocycles. The van der Waals surface area contributed by atoms with E-state index in [1.54, 1.807) is 19.0 Å². The molecule has 0 heterocycles. The Balaban J connectivity index is 2.00. The lowest BCUT2D eigenvalue weighted by atomic mass is 10.0. The number of nitrogens with zero attached hydrogens (tertiary/aromatic N) is 1. The predicted octanol–water partition coefficient (Wildman–Crippen LogP) is 2.83. The summed E-state index contributed by atoms with van der Waals surface area (Å²) in [6.07, 6.45) is 2.25. The van der Waals surface area contributed by atoms with Gasteiger partial charge in [0.1, 0.15) is 6.04 Å². The largest absolute Gasteiger partial charge is 0.373 e. The van der Waals surface area contributed by atoms with Crippen LogP contribution in [0.5, 0.6) is 0 Å². The lowest BCUT2D eigenvalue weighted by Crippen LogP contribution is -2.36. The molecule has 20 heavy (non-hydrogen) atoms. The highest BCUT2D eigenvalue weighted by Crippen LogP contribution is 2.35. The maximum absolute atomic E-state index is 12.0. The molecule has 0 aliphatic heterocycles. The fraction of sp³-hybridized carbons (Fsp3) is 0.353. The molecule has 0 saturated carbocycles. The van der Waals surface area contributed by atoms with E-state index in [0.29, 0.717) is 0 Å². The third-order valence-electron chi connectivity index (χ3n) is 4.06. The second-order valence-electron chi connectivity index (χ2n) is 5.71. The van der Waals surface area contributed by atoms with Gasteiger partial charge in [-0.25, -0.2) is 0 Å². The lowest BCUT2D eigenvalue weighted by Gasteiger charge is -2.20. The molecule has 104 valence electrons. The van der Waals surface area contributed by atoms with Crippen molar-refractivity contribution >= 4 is 22.4 Å². The highest BCUT2D eigenvalue weighted by molar-refractivity contribution is 6.00. The van der Waals surface area contributed by atoms with Crippen LogP contribution in [0, 0.1) is 0 Å². The van der Waals surface area contributed by atoms with E-state index in [0.717, 1.165) is 18.5 Å². The molecule has 1 amide bonds. The third-order valence-corrected chi connectivity index (χ3v) is 4.06. The van der Waals surface area contributed by atoms with Gasteiger partial charge in [0.2, 0.25) is 5.91 Å². The Kier molecular flexibility index (Phi) is 3.13. The van der Waals surface area contributed by atoms with Crippen LogP contribution in [0.4, 0.5) is 5.69 Å². The first kappa shape index (κ1) is 13.0. The van der Waals surface area contributed by atoms with Crippen LogP contribution in [0.3, 0.4) is 0 Å². The number of aryl methyl sites for hydroxylation is 2. The fourth-order valence-electron chi connectivity index (χ4n) is 3.05. The molecule has 3 nitrogen and oxygen atoms in total. The van der Waals surface area contributed by atoms with E-state index in [1.165, 1.54) is 21.9 Å². The maximum Gasteiger partial charge on any atom is 0.244 e. The zero-order valence-electron chi connectivity index (χ0n) is 12.2. The van der Waals surface area contributed by atoms with Crippen LogP contribution in [-0.2, 0) is 17.6 Å². The summed E-state index contributed by atoms with van der Waals surface area (Å²) < 4.78 is 0. The number of anilines is 1. The van der Waals surface area contributed by atoms with Crippen molar-refractivity contribution in [2.24, 2.45) is 0 Å². The molecular weight excluding hydrogens is 248 g/mol. The van der Waals surface area contributed by atoms with Gasteiger partial charge in [-0.1, -0.05) is 24.3 Å². The van der Waals surface area contributed by atoms with Crippen LogP contribution in [0.25, 0.3) is 10.8 Å². The third kappa shape index (κ3) is 2.03. The van der Waals surface area contributed by atoms with Crippen molar-refractivity contribution in [3.8, 4) is 0 Å². The predicted molar refractivity (Wildman–Crippen MR) is 83.1 cm³/mol. The summed E-state index contributed by atoms with van der Waals surface area (Å²) in [7, 11) is 3.57. The fourth-order valence-corrected chi connectivity index (χ4v) is 3.05. The van der Waals surface area contributed by atoms with Crippen molar-refractivity contribution in [3.05, 3.63) is 41.5 Å². The summed E-state index contributed by atoms with van der Waals surface area (Å²) in [4.78, 5) is 13.6. The van der Waals surface area contributed by atoms with Crippen LogP contribution in [-0.4, -0.2) is 30.9 Å². The summed E-state index contributed by atoms with van der Waals surface area (Å²) in [5.41, 5.74) is 3.90. The van der Waals surface area contributed by atoms with Crippen molar-refractivity contribution in [1.29, 1.82) is 0 Å². The van der Waals surface area contributed by atoms with Gasteiger partial charge in [-0.2, -0.15) is 0 Å². The van der Waals surface area contributed by atoms with E-state index >= 15 is 0 Å². The summed E-state index contributed by atoms with van der Waals surface area (Å²) in [6, 6.07) is 10.5. The van der Waals surface area contributed by atoms with Crippen molar-refractivity contribution in [2.75, 3.05) is 19.4 Å². The van der Waals surface area contributed by atoms with E-state index < -0.39 is 0 Å². The number of hydrogen-bond acceptors (Lipinski definition) is 2. The van der Waals surface area contributed by atoms with Gasteiger partial charge in [-0.05, 0) is 42.3 Å². The second kappa shape index (κ2) is 4.82.